The SMILES string of the molecule is CCC(CC)(NC(=O)c1cnn2ccccc12)C(N)=S. The second kappa shape index (κ2) is 5.58. The molecular weight excluding hydrogens is 272 g/mol. The number of amides is 1. The van der Waals surface area contributed by atoms with E-state index in [2.05, 4.69) is 10.4 Å². The minimum absolute atomic E-state index is 0.206. The number of hydrogen-bond donors (Lipinski definition) is 2. The van der Waals surface area contributed by atoms with E-state index in [0.717, 1.165) is 5.52 Å². The summed E-state index contributed by atoms with van der Waals surface area (Å²) in [6.45, 7) is 3.91. The van der Waals surface area contributed by atoms with Gasteiger partial charge in [-0.25, -0.2) is 4.52 Å². The molecule has 106 valence electrons. The van der Waals surface area contributed by atoms with E-state index in [1.807, 2.05) is 32.0 Å². The topological polar surface area (TPSA) is 72.4 Å². The van der Waals surface area contributed by atoms with Crippen molar-refractivity contribution in [3.05, 3.63) is 36.2 Å². The Morgan fingerprint density at radius 3 is 2.75 bits per heavy atom. The van der Waals surface area contributed by atoms with Crippen LogP contribution in [-0.4, -0.2) is 26.0 Å². The number of thiocarbonyl (C=S) groups is 1. The number of hydrogen-bond acceptors (Lipinski definition) is 3. The van der Waals surface area contributed by atoms with Crippen molar-refractivity contribution < 1.29 is 4.79 Å². The van der Waals surface area contributed by atoms with Gasteiger partial charge in [-0.1, -0.05) is 32.1 Å². The fourth-order valence-electron chi connectivity index (χ4n) is 2.23. The average Bonchev–Trinajstić information content (AvgIpc) is 2.88. The Balaban J connectivity index is 2.34. The molecule has 2 rings (SSSR count). The summed E-state index contributed by atoms with van der Waals surface area (Å²) in [7, 11) is 0. The van der Waals surface area contributed by atoms with Crippen LogP contribution in [0.25, 0.3) is 5.52 Å². The lowest BCUT2D eigenvalue weighted by atomic mass is 9.92. The quantitative estimate of drug-likeness (QED) is 0.825. The fraction of sp³-hybridized carbons (Fsp3) is 0.357. The highest BCUT2D eigenvalue weighted by atomic mass is 32.1. The lowest BCUT2D eigenvalue weighted by molar-refractivity contribution is 0.0921. The van der Waals surface area contributed by atoms with E-state index in [0.29, 0.717) is 23.4 Å². The first kappa shape index (κ1) is 14.5. The molecule has 3 N–H and O–H groups in total. The molecule has 0 aromatic carbocycles. The molecule has 20 heavy (non-hydrogen) atoms. The van der Waals surface area contributed by atoms with Gasteiger partial charge in [0.05, 0.1) is 27.8 Å². The maximum atomic E-state index is 12.5. The highest BCUT2D eigenvalue weighted by Crippen LogP contribution is 2.18. The van der Waals surface area contributed by atoms with E-state index < -0.39 is 5.54 Å². The number of carbonyl (C=O) groups is 1. The van der Waals surface area contributed by atoms with Crippen molar-refractivity contribution >= 4 is 28.6 Å². The van der Waals surface area contributed by atoms with Gasteiger partial charge in [-0.2, -0.15) is 5.10 Å². The summed E-state index contributed by atoms with van der Waals surface area (Å²) in [5, 5.41) is 7.12. The molecule has 2 aromatic rings. The maximum Gasteiger partial charge on any atom is 0.255 e. The number of pyridine rings is 1. The lowest BCUT2D eigenvalue weighted by Gasteiger charge is -2.31. The molecule has 0 saturated heterocycles. The van der Waals surface area contributed by atoms with Crippen LogP contribution in [0.2, 0.25) is 0 Å². The fourth-order valence-corrected chi connectivity index (χ4v) is 2.57. The molecule has 0 fully saturated rings. The monoisotopic (exact) mass is 290 g/mol. The van der Waals surface area contributed by atoms with E-state index in [1.165, 1.54) is 0 Å². The van der Waals surface area contributed by atoms with Crippen molar-refractivity contribution in [3.8, 4) is 0 Å². The summed E-state index contributed by atoms with van der Waals surface area (Å²) >= 11 is 5.11. The zero-order chi connectivity index (χ0) is 14.8. The second-order valence-electron chi connectivity index (χ2n) is 4.70. The third kappa shape index (κ3) is 2.38. The third-order valence-electron chi connectivity index (χ3n) is 3.70. The zero-order valence-electron chi connectivity index (χ0n) is 11.6. The van der Waals surface area contributed by atoms with Gasteiger partial charge < -0.3 is 11.1 Å². The standard InChI is InChI=1S/C14H18N4OS/c1-3-14(4-2,13(15)20)17-12(19)10-9-16-18-8-6-5-7-11(10)18/h5-9H,3-4H2,1-2H3,(H2,15,20)(H,17,19). The summed E-state index contributed by atoms with van der Waals surface area (Å²) in [6, 6.07) is 5.58. The van der Waals surface area contributed by atoms with Crippen LogP contribution < -0.4 is 11.1 Å². The normalized spacial score (nSPS) is 11.5. The predicted octanol–water partition coefficient (Wildman–Crippen LogP) is 1.91. The molecular formula is C14H18N4OS. The first-order valence-electron chi connectivity index (χ1n) is 6.59. The number of nitrogens with one attached hydrogen (secondary N) is 1. The van der Waals surface area contributed by atoms with Crippen LogP contribution in [0.1, 0.15) is 37.0 Å². The molecule has 0 unspecified atom stereocenters. The third-order valence-corrected chi connectivity index (χ3v) is 4.09. The van der Waals surface area contributed by atoms with Gasteiger partial charge in [0.15, 0.2) is 0 Å². The van der Waals surface area contributed by atoms with E-state index in [9.17, 15) is 4.79 Å². The number of nitrogens with zero attached hydrogens (tertiary/aromatic N) is 2. The number of rotatable bonds is 5. The van der Waals surface area contributed by atoms with Crippen LogP contribution in [0, 0.1) is 0 Å². The Morgan fingerprint density at radius 1 is 1.45 bits per heavy atom. The summed E-state index contributed by atoms with van der Waals surface area (Å²) in [5.74, 6) is -0.206. The number of carbonyl (C=O) groups excluding carboxylic acids is 1. The molecule has 5 nitrogen and oxygen atoms in total. The molecule has 0 bridgehead atoms. The molecule has 2 aromatic heterocycles. The Bertz CT molecular complexity index is 645. The van der Waals surface area contributed by atoms with Crippen LogP contribution in [0.3, 0.4) is 0 Å². The zero-order valence-corrected chi connectivity index (χ0v) is 12.4. The van der Waals surface area contributed by atoms with E-state index in [1.54, 1.807) is 16.9 Å². The van der Waals surface area contributed by atoms with Gasteiger partial charge in [0.2, 0.25) is 0 Å². The van der Waals surface area contributed by atoms with Crippen LogP contribution in [-0.2, 0) is 0 Å². The smallest absolute Gasteiger partial charge is 0.255 e. The van der Waals surface area contributed by atoms with Gasteiger partial charge in [-0.3, -0.25) is 4.79 Å². The van der Waals surface area contributed by atoms with Crippen molar-refractivity contribution in [3.63, 3.8) is 0 Å². The molecule has 0 aliphatic rings. The van der Waals surface area contributed by atoms with Crippen LogP contribution in [0.4, 0.5) is 0 Å². The van der Waals surface area contributed by atoms with Crippen molar-refractivity contribution in [2.24, 2.45) is 5.73 Å². The largest absolute Gasteiger partial charge is 0.391 e. The van der Waals surface area contributed by atoms with Crippen molar-refractivity contribution in [2.75, 3.05) is 0 Å². The molecule has 0 radical (unpaired) electrons. The van der Waals surface area contributed by atoms with E-state index >= 15 is 0 Å². The summed E-state index contributed by atoms with van der Waals surface area (Å²) in [4.78, 5) is 12.8. The molecule has 6 heteroatoms. The van der Waals surface area contributed by atoms with Crippen LogP contribution in [0.15, 0.2) is 30.6 Å². The first-order valence-corrected chi connectivity index (χ1v) is 6.99. The summed E-state index contributed by atoms with van der Waals surface area (Å²) < 4.78 is 1.66. The lowest BCUT2D eigenvalue weighted by Crippen LogP contribution is -2.55. The molecule has 0 aliphatic carbocycles. The molecule has 0 atom stereocenters. The van der Waals surface area contributed by atoms with Gasteiger partial charge in [-0.05, 0) is 25.0 Å². The highest BCUT2D eigenvalue weighted by molar-refractivity contribution is 7.80. The average molecular weight is 290 g/mol. The highest BCUT2D eigenvalue weighted by Gasteiger charge is 2.32. The van der Waals surface area contributed by atoms with Crippen LogP contribution in [0.5, 0.6) is 0 Å². The van der Waals surface area contributed by atoms with Gasteiger partial charge >= 0.3 is 0 Å². The molecule has 1 amide bonds. The second-order valence-corrected chi connectivity index (χ2v) is 5.14. The summed E-state index contributed by atoms with van der Waals surface area (Å²) in [6.07, 6.45) is 4.67. The van der Waals surface area contributed by atoms with Crippen molar-refractivity contribution in [1.29, 1.82) is 0 Å². The minimum Gasteiger partial charge on any atom is -0.391 e. The van der Waals surface area contributed by atoms with Crippen molar-refractivity contribution in [1.82, 2.24) is 14.9 Å². The maximum absolute atomic E-state index is 12.5. The van der Waals surface area contributed by atoms with Crippen LogP contribution >= 0.6 is 12.2 Å². The van der Waals surface area contributed by atoms with Crippen molar-refractivity contribution in [2.45, 2.75) is 32.2 Å². The molecule has 0 saturated carbocycles. The van der Waals surface area contributed by atoms with Gasteiger partial charge in [0.25, 0.3) is 5.91 Å². The minimum atomic E-state index is -0.643. The molecule has 0 aliphatic heterocycles. The van der Waals surface area contributed by atoms with Gasteiger partial charge in [0, 0.05) is 6.20 Å². The van der Waals surface area contributed by atoms with E-state index in [-0.39, 0.29) is 5.91 Å². The Morgan fingerprint density at radius 2 is 2.15 bits per heavy atom. The van der Waals surface area contributed by atoms with E-state index in [4.69, 9.17) is 18.0 Å². The molecule has 2 heterocycles. The Labute approximate surface area is 123 Å². The number of nitrogens with two attached hydrogens (primary N) is 1. The number of fused-ring (bicyclic) bond motifs is 1. The Hall–Kier alpha value is -1.95. The Kier molecular flexibility index (Phi) is 4.04. The predicted molar refractivity (Wildman–Crippen MR) is 82.8 cm³/mol. The summed E-state index contributed by atoms with van der Waals surface area (Å²) in [5.41, 5.74) is 6.44. The first-order chi connectivity index (χ1) is 9.54. The van der Waals surface area contributed by atoms with Gasteiger partial charge in [-0.15, -0.1) is 0 Å². The van der Waals surface area contributed by atoms with Gasteiger partial charge in [0.1, 0.15) is 0 Å². The molecule has 0 spiro atoms. The number of aromatic nitrogens is 2.